The van der Waals surface area contributed by atoms with E-state index in [4.69, 9.17) is 21.1 Å². The summed E-state index contributed by atoms with van der Waals surface area (Å²) in [4.78, 5) is 24.3. The molecule has 3 rings (SSSR count). The highest BCUT2D eigenvalue weighted by molar-refractivity contribution is 6.30. The van der Waals surface area contributed by atoms with Crippen molar-refractivity contribution >= 4 is 23.4 Å². The monoisotopic (exact) mass is 402 g/mol. The van der Waals surface area contributed by atoms with Crippen LogP contribution in [0.25, 0.3) is 0 Å². The van der Waals surface area contributed by atoms with Gasteiger partial charge < -0.3 is 9.47 Å². The van der Waals surface area contributed by atoms with Gasteiger partial charge in [-0.3, -0.25) is 20.4 Å². The van der Waals surface area contributed by atoms with E-state index in [0.29, 0.717) is 22.1 Å². The first kappa shape index (κ1) is 20.0. The van der Waals surface area contributed by atoms with Crippen LogP contribution in [0.5, 0.6) is 11.5 Å². The van der Waals surface area contributed by atoms with Gasteiger partial charge in [-0.15, -0.1) is 0 Å². The summed E-state index contributed by atoms with van der Waals surface area (Å²) in [5, 5.41) is 0.603. The van der Waals surface area contributed by atoms with Crippen molar-refractivity contribution < 1.29 is 19.1 Å². The lowest BCUT2D eigenvalue weighted by atomic mass is 10.1. The number of benzene rings is 2. The Morgan fingerprint density at radius 1 is 1.04 bits per heavy atom. The number of ether oxygens (including phenoxy) is 2. The van der Waals surface area contributed by atoms with Crippen LogP contribution in [-0.2, 0) is 11.2 Å². The average Bonchev–Trinajstić information content (AvgIpc) is 3.21. The molecule has 148 valence electrons. The van der Waals surface area contributed by atoms with Crippen molar-refractivity contribution in [3.63, 3.8) is 0 Å². The van der Waals surface area contributed by atoms with Gasteiger partial charge in [0.15, 0.2) is 11.5 Å². The number of carbonyl (C=O) groups is 2. The summed E-state index contributed by atoms with van der Waals surface area (Å²) in [6, 6.07) is 11.9. The van der Waals surface area contributed by atoms with Gasteiger partial charge in [0.05, 0.1) is 19.6 Å². The van der Waals surface area contributed by atoms with Gasteiger partial charge in [-0.25, -0.2) is 0 Å². The SMILES string of the molecule is COc1cc(C(=O)NNC(=O)Cc2ccc(Cl)cc2)ccc1OC1CCCC1. The first-order valence-corrected chi connectivity index (χ1v) is 9.61. The van der Waals surface area contributed by atoms with E-state index in [9.17, 15) is 9.59 Å². The largest absolute Gasteiger partial charge is 0.493 e. The Kier molecular flexibility index (Phi) is 6.76. The van der Waals surface area contributed by atoms with Gasteiger partial charge in [0.25, 0.3) is 5.91 Å². The van der Waals surface area contributed by atoms with Crippen LogP contribution in [0.4, 0.5) is 0 Å². The lowest BCUT2D eigenvalue weighted by Gasteiger charge is -2.16. The first-order chi connectivity index (χ1) is 13.5. The van der Waals surface area contributed by atoms with E-state index >= 15 is 0 Å². The van der Waals surface area contributed by atoms with Gasteiger partial charge in [0.2, 0.25) is 5.91 Å². The average molecular weight is 403 g/mol. The number of methoxy groups -OCH3 is 1. The predicted molar refractivity (Wildman–Crippen MR) is 107 cm³/mol. The fraction of sp³-hybridized carbons (Fsp3) is 0.333. The number of hydrazine groups is 1. The summed E-state index contributed by atoms with van der Waals surface area (Å²) in [7, 11) is 1.53. The molecule has 2 N–H and O–H groups in total. The van der Waals surface area contributed by atoms with Crippen molar-refractivity contribution in [1.82, 2.24) is 10.9 Å². The molecule has 0 aliphatic heterocycles. The van der Waals surface area contributed by atoms with E-state index in [0.717, 1.165) is 18.4 Å². The maximum Gasteiger partial charge on any atom is 0.269 e. The third-order valence-electron chi connectivity index (χ3n) is 4.62. The van der Waals surface area contributed by atoms with E-state index in [-0.39, 0.29) is 18.4 Å². The second-order valence-electron chi connectivity index (χ2n) is 6.70. The molecule has 2 amide bonds. The Labute approximate surface area is 169 Å². The van der Waals surface area contributed by atoms with Gasteiger partial charge in [0, 0.05) is 10.6 Å². The molecular formula is C21H23ClN2O4. The number of amides is 2. The number of carbonyl (C=O) groups excluding carboxylic acids is 2. The third kappa shape index (κ3) is 5.39. The molecule has 0 heterocycles. The molecule has 0 bridgehead atoms. The van der Waals surface area contributed by atoms with E-state index in [1.807, 2.05) is 0 Å². The van der Waals surface area contributed by atoms with Crippen LogP contribution in [0.1, 0.15) is 41.6 Å². The summed E-state index contributed by atoms with van der Waals surface area (Å²) in [5.74, 6) is 0.351. The quantitative estimate of drug-likeness (QED) is 0.723. The van der Waals surface area contributed by atoms with E-state index in [1.165, 1.54) is 20.0 Å². The van der Waals surface area contributed by atoms with E-state index in [1.54, 1.807) is 42.5 Å². The molecule has 2 aromatic carbocycles. The topological polar surface area (TPSA) is 76.7 Å². The Morgan fingerprint density at radius 2 is 1.75 bits per heavy atom. The molecule has 2 aromatic rings. The normalized spacial score (nSPS) is 13.8. The molecule has 1 saturated carbocycles. The van der Waals surface area contributed by atoms with Crippen LogP contribution < -0.4 is 20.3 Å². The molecule has 0 atom stereocenters. The van der Waals surface area contributed by atoms with Crippen LogP contribution in [0.2, 0.25) is 5.02 Å². The van der Waals surface area contributed by atoms with Crippen molar-refractivity contribution in [1.29, 1.82) is 0 Å². The van der Waals surface area contributed by atoms with Gasteiger partial charge in [-0.05, 0) is 61.6 Å². The fourth-order valence-electron chi connectivity index (χ4n) is 3.12. The number of rotatable bonds is 6. The molecule has 1 aliphatic rings. The molecule has 7 heteroatoms. The minimum atomic E-state index is -0.435. The maximum atomic E-state index is 12.3. The molecule has 0 saturated heterocycles. The zero-order valence-electron chi connectivity index (χ0n) is 15.7. The molecule has 28 heavy (non-hydrogen) atoms. The van der Waals surface area contributed by atoms with E-state index < -0.39 is 5.91 Å². The highest BCUT2D eigenvalue weighted by Gasteiger charge is 2.19. The summed E-state index contributed by atoms with van der Waals surface area (Å²) in [6.07, 6.45) is 4.73. The third-order valence-corrected chi connectivity index (χ3v) is 4.87. The highest BCUT2D eigenvalue weighted by Crippen LogP contribution is 2.32. The second-order valence-corrected chi connectivity index (χ2v) is 7.13. The van der Waals surface area contributed by atoms with Crippen molar-refractivity contribution in [3.8, 4) is 11.5 Å². The second kappa shape index (κ2) is 9.46. The number of halogens is 1. The summed E-state index contributed by atoms with van der Waals surface area (Å²) >= 11 is 5.83. The maximum absolute atomic E-state index is 12.3. The van der Waals surface area contributed by atoms with Gasteiger partial charge in [-0.2, -0.15) is 0 Å². The minimum Gasteiger partial charge on any atom is -0.493 e. The van der Waals surface area contributed by atoms with Gasteiger partial charge in [-0.1, -0.05) is 23.7 Å². The lowest BCUT2D eigenvalue weighted by Crippen LogP contribution is -2.42. The van der Waals surface area contributed by atoms with Gasteiger partial charge in [0.1, 0.15) is 0 Å². The van der Waals surface area contributed by atoms with Crippen LogP contribution >= 0.6 is 11.6 Å². The van der Waals surface area contributed by atoms with Crippen molar-refractivity contribution in [2.45, 2.75) is 38.2 Å². The highest BCUT2D eigenvalue weighted by atomic mass is 35.5. The fourth-order valence-corrected chi connectivity index (χ4v) is 3.25. The van der Waals surface area contributed by atoms with Crippen molar-refractivity contribution in [2.24, 2.45) is 0 Å². The first-order valence-electron chi connectivity index (χ1n) is 9.23. The standard InChI is InChI=1S/C21H23ClN2O4/c1-27-19-13-15(8-11-18(19)28-17-4-2-3-5-17)21(26)24-23-20(25)12-14-6-9-16(22)10-7-14/h6-11,13,17H,2-5,12H2,1H3,(H,23,25)(H,24,26). The van der Waals surface area contributed by atoms with Crippen LogP contribution in [0.3, 0.4) is 0 Å². The Hall–Kier alpha value is -2.73. The number of hydrogen-bond donors (Lipinski definition) is 2. The predicted octanol–water partition coefficient (Wildman–Crippen LogP) is 3.67. The minimum absolute atomic E-state index is 0.134. The van der Waals surface area contributed by atoms with Crippen molar-refractivity contribution in [3.05, 3.63) is 58.6 Å². The molecule has 0 aromatic heterocycles. The molecule has 0 unspecified atom stereocenters. The molecule has 0 spiro atoms. The zero-order valence-corrected chi connectivity index (χ0v) is 16.4. The van der Waals surface area contributed by atoms with Crippen LogP contribution in [0.15, 0.2) is 42.5 Å². The smallest absolute Gasteiger partial charge is 0.269 e. The molecule has 1 aliphatic carbocycles. The molecule has 1 fully saturated rings. The zero-order chi connectivity index (χ0) is 19.9. The molecular weight excluding hydrogens is 380 g/mol. The number of nitrogens with one attached hydrogen (secondary N) is 2. The summed E-state index contributed by atoms with van der Waals surface area (Å²) in [6.45, 7) is 0. The lowest BCUT2D eigenvalue weighted by molar-refractivity contribution is -0.121. The van der Waals surface area contributed by atoms with Crippen LogP contribution in [-0.4, -0.2) is 25.0 Å². The van der Waals surface area contributed by atoms with E-state index in [2.05, 4.69) is 10.9 Å². The summed E-state index contributed by atoms with van der Waals surface area (Å²) < 4.78 is 11.3. The van der Waals surface area contributed by atoms with Crippen LogP contribution in [0, 0.1) is 0 Å². The Bertz CT molecular complexity index is 833. The van der Waals surface area contributed by atoms with Gasteiger partial charge >= 0.3 is 0 Å². The molecule has 6 nitrogen and oxygen atoms in total. The molecule has 0 radical (unpaired) electrons. The Balaban J connectivity index is 1.55. The Morgan fingerprint density at radius 3 is 2.43 bits per heavy atom. The summed E-state index contributed by atoms with van der Waals surface area (Å²) in [5.41, 5.74) is 5.99. The number of hydrogen-bond acceptors (Lipinski definition) is 4. The van der Waals surface area contributed by atoms with Crippen molar-refractivity contribution in [2.75, 3.05) is 7.11 Å².